The van der Waals surface area contributed by atoms with Crippen molar-refractivity contribution < 1.29 is 13.9 Å². The monoisotopic (exact) mass is 470 g/mol. The molecule has 0 saturated carbocycles. The van der Waals surface area contributed by atoms with E-state index in [1.165, 1.54) is 0 Å². The van der Waals surface area contributed by atoms with Gasteiger partial charge in [0.15, 0.2) is 6.10 Å². The molecule has 0 aliphatic carbocycles. The number of aryl methyl sites for hydroxylation is 1. The summed E-state index contributed by atoms with van der Waals surface area (Å²) in [6.07, 6.45) is 0.286. The molecular formula is C28H26N2O5. The van der Waals surface area contributed by atoms with Crippen LogP contribution in [0.2, 0.25) is 0 Å². The van der Waals surface area contributed by atoms with Crippen molar-refractivity contribution in [3.05, 3.63) is 86.6 Å². The van der Waals surface area contributed by atoms with Crippen LogP contribution in [0.3, 0.4) is 0 Å². The Labute approximate surface area is 201 Å². The van der Waals surface area contributed by atoms with E-state index in [1.54, 1.807) is 25.1 Å². The van der Waals surface area contributed by atoms with Gasteiger partial charge in [0.05, 0.1) is 5.39 Å². The molecule has 6 rings (SSSR count). The standard InChI is InChI=1S/C28H26N2O5/c1-16-24(11-10-21-20-6-3-4-7-22(20)28(33)35-26(16)21)34-17(2)27(32)29-13-18-12-19(15-29)23-8-5-9-25(31)30(23)14-18/h3-11,17-19H,12-15H2,1-2H3/t17-,18-,19-/m0/s1. The van der Waals surface area contributed by atoms with Crippen LogP contribution in [0.1, 0.15) is 30.5 Å². The second-order valence-corrected chi connectivity index (χ2v) is 9.70. The van der Waals surface area contributed by atoms with Crippen molar-refractivity contribution in [3.63, 3.8) is 0 Å². The van der Waals surface area contributed by atoms with Gasteiger partial charge in [-0.15, -0.1) is 0 Å². The molecule has 1 saturated heterocycles. The third-order valence-corrected chi connectivity index (χ3v) is 7.43. The summed E-state index contributed by atoms with van der Waals surface area (Å²) >= 11 is 0. The first-order valence-corrected chi connectivity index (χ1v) is 12.0. The predicted octanol–water partition coefficient (Wildman–Crippen LogP) is 3.83. The van der Waals surface area contributed by atoms with E-state index in [1.807, 2.05) is 52.8 Å². The maximum atomic E-state index is 13.4. The fourth-order valence-corrected chi connectivity index (χ4v) is 5.76. The van der Waals surface area contributed by atoms with Crippen LogP contribution in [0.4, 0.5) is 0 Å². The molecule has 1 fully saturated rings. The van der Waals surface area contributed by atoms with Crippen molar-refractivity contribution in [2.45, 2.75) is 38.8 Å². The maximum absolute atomic E-state index is 13.4. The molecule has 4 heterocycles. The summed E-state index contributed by atoms with van der Waals surface area (Å²) in [5.41, 5.74) is 1.80. The molecule has 0 unspecified atom stereocenters. The van der Waals surface area contributed by atoms with Gasteiger partial charge < -0.3 is 18.6 Å². The van der Waals surface area contributed by atoms with Crippen LogP contribution in [0.25, 0.3) is 21.7 Å². The van der Waals surface area contributed by atoms with Crippen LogP contribution in [0.15, 0.2) is 68.6 Å². The molecule has 7 heteroatoms. The Kier molecular flexibility index (Phi) is 5.02. The average molecular weight is 471 g/mol. The van der Waals surface area contributed by atoms with Crippen LogP contribution in [0.5, 0.6) is 5.75 Å². The molecule has 35 heavy (non-hydrogen) atoms. The van der Waals surface area contributed by atoms with E-state index in [0.29, 0.717) is 41.9 Å². The number of carbonyl (C=O) groups excluding carboxylic acids is 1. The Balaban J connectivity index is 1.26. The van der Waals surface area contributed by atoms with Crippen molar-refractivity contribution >= 4 is 27.6 Å². The number of fused-ring (bicyclic) bond motifs is 7. The lowest BCUT2D eigenvalue weighted by Crippen LogP contribution is -2.52. The number of benzene rings is 2. The van der Waals surface area contributed by atoms with Crippen molar-refractivity contribution in [1.82, 2.24) is 9.47 Å². The van der Waals surface area contributed by atoms with Crippen molar-refractivity contribution in [2.75, 3.05) is 13.1 Å². The smallest absolute Gasteiger partial charge is 0.344 e. The Morgan fingerprint density at radius 1 is 0.971 bits per heavy atom. The van der Waals surface area contributed by atoms with Crippen molar-refractivity contribution in [2.24, 2.45) is 5.92 Å². The van der Waals surface area contributed by atoms with Gasteiger partial charge in [-0.05, 0) is 55.8 Å². The van der Waals surface area contributed by atoms with Gasteiger partial charge >= 0.3 is 5.63 Å². The SMILES string of the molecule is Cc1c(O[C@@H](C)C(=O)N2C[C@@H]3C[C@@H](C2)c2cccc(=O)n2C3)ccc2c1oc(=O)c1ccccc12. The van der Waals surface area contributed by atoms with E-state index < -0.39 is 11.7 Å². The van der Waals surface area contributed by atoms with Crippen LogP contribution in [-0.4, -0.2) is 34.6 Å². The molecule has 3 atom stereocenters. The van der Waals surface area contributed by atoms with Gasteiger partial charge in [0.25, 0.3) is 11.5 Å². The zero-order chi connectivity index (χ0) is 24.3. The molecule has 2 aromatic heterocycles. The first kappa shape index (κ1) is 21.6. The number of rotatable bonds is 3. The number of piperidine rings is 1. The molecule has 0 spiro atoms. The van der Waals surface area contributed by atoms with Crippen LogP contribution >= 0.6 is 0 Å². The number of ether oxygens (including phenoxy) is 1. The van der Waals surface area contributed by atoms with Crippen LogP contribution in [-0.2, 0) is 11.3 Å². The number of hydrogen-bond acceptors (Lipinski definition) is 5. The molecule has 0 radical (unpaired) electrons. The molecule has 2 bridgehead atoms. The second kappa shape index (κ2) is 8.12. The largest absolute Gasteiger partial charge is 0.480 e. The van der Waals surface area contributed by atoms with E-state index in [-0.39, 0.29) is 23.3 Å². The average Bonchev–Trinajstić information content (AvgIpc) is 2.86. The highest BCUT2D eigenvalue weighted by Crippen LogP contribution is 2.36. The molecule has 4 aromatic rings. The molecular weight excluding hydrogens is 444 g/mol. The van der Waals surface area contributed by atoms with Gasteiger partial charge in [-0.1, -0.05) is 24.3 Å². The zero-order valence-corrected chi connectivity index (χ0v) is 19.7. The van der Waals surface area contributed by atoms with Crippen LogP contribution < -0.4 is 15.9 Å². The molecule has 0 N–H and O–H groups in total. The minimum atomic E-state index is -0.699. The lowest BCUT2D eigenvalue weighted by molar-refractivity contribution is -0.140. The number of nitrogens with zero attached hydrogens (tertiary/aromatic N) is 2. The van der Waals surface area contributed by atoms with E-state index >= 15 is 0 Å². The van der Waals surface area contributed by atoms with E-state index in [0.717, 1.165) is 22.9 Å². The lowest BCUT2D eigenvalue weighted by Gasteiger charge is -2.43. The lowest BCUT2D eigenvalue weighted by atomic mass is 9.83. The Bertz CT molecular complexity index is 1600. The summed E-state index contributed by atoms with van der Waals surface area (Å²) in [6, 6.07) is 16.5. The van der Waals surface area contributed by atoms with Gasteiger partial charge in [-0.3, -0.25) is 9.59 Å². The number of carbonyl (C=O) groups is 1. The summed E-state index contributed by atoms with van der Waals surface area (Å²) < 4.78 is 13.6. The molecule has 2 aliphatic rings. The van der Waals surface area contributed by atoms with Crippen molar-refractivity contribution in [1.29, 1.82) is 0 Å². The first-order chi connectivity index (χ1) is 16.9. The molecule has 178 valence electrons. The van der Waals surface area contributed by atoms with Gasteiger partial charge in [0.2, 0.25) is 0 Å². The highest BCUT2D eigenvalue weighted by atomic mass is 16.5. The minimum absolute atomic E-state index is 0.0277. The predicted molar refractivity (Wildman–Crippen MR) is 133 cm³/mol. The first-order valence-electron chi connectivity index (χ1n) is 12.0. The Morgan fingerprint density at radius 3 is 2.60 bits per heavy atom. The van der Waals surface area contributed by atoms with Gasteiger partial charge in [-0.25, -0.2) is 4.79 Å². The third-order valence-electron chi connectivity index (χ3n) is 7.43. The zero-order valence-electron chi connectivity index (χ0n) is 19.7. The number of amides is 1. The fraction of sp³-hybridized carbons (Fsp3) is 0.321. The molecule has 2 aromatic carbocycles. The van der Waals surface area contributed by atoms with Gasteiger partial charge in [0.1, 0.15) is 11.3 Å². The molecule has 7 nitrogen and oxygen atoms in total. The van der Waals surface area contributed by atoms with Crippen LogP contribution in [0, 0.1) is 12.8 Å². The highest BCUT2D eigenvalue weighted by Gasteiger charge is 2.37. The number of aromatic nitrogens is 1. The highest BCUT2D eigenvalue weighted by molar-refractivity contribution is 6.05. The second-order valence-electron chi connectivity index (χ2n) is 9.70. The number of pyridine rings is 1. The topological polar surface area (TPSA) is 81.8 Å². The summed E-state index contributed by atoms with van der Waals surface area (Å²) in [5, 5.41) is 2.20. The molecule has 1 amide bonds. The Hall–Kier alpha value is -3.87. The fourth-order valence-electron chi connectivity index (χ4n) is 5.76. The van der Waals surface area contributed by atoms with Gasteiger partial charge in [-0.2, -0.15) is 0 Å². The normalized spacial score (nSPS) is 20.0. The maximum Gasteiger partial charge on any atom is 0.344 e. The molecule has 2 aliphatic heterocycles. The van der Waals surface area contributed by atoms with E-state index in [4.69, 9.17) is 9.15 Å². The third kappa shape index (κ3) is 3.53. The number of hydrogen-bond donors (Lipinski definition) is 0. The van der Waals surface area contributed by atoms with E-state index in [9.17, 15) is 14.4 Å². The number of likely N-dealkylation sites (tertiary alicyclic amines) is 1. The summed E-state index contributed by atoms with van der Waals surface area (Å²) in [7, 11) is 0. The summed E-state index contributed by atoms with van der Waals surface area (Å²) in [6.45, 7) is 5.42. The summed E-state index contributed by atoms with van der Waals surface area (Å²) in [5.74, 6) is 0.844. The van der Waals surface area contributed by atoms with Gasteiger partial charge in [0, 0.05) is 48.3 Å². The summed E-state index contributed by atoms with van der Waals surface area (Å²) in [4.78, 5) is 40.0. The Morgan fingerprint density at radius 2 is 1.77 bits per heavy atom. The van der Waals surface area contributed by atoms with E-state index in [2.05, 4.69) is 0 Å². The van der Waals surface area contributed by atoms with Crippen molar-refractivity contribution in [3.8, 4) is 5.75 Å². The quantitative estimate of drug-likeness (QED) is 0.336. The minimum Gasteiger partial charge on any atom is -0.480 e.